The molecule has 0 saturated heterocycles. The normalized spacial score (nSPS) is 10.4. The van der Waals surface area contributed by atoms with Crippen LogP contribution in [-0.4, -0.2) is 10.5 Å². The topological polar surface area (TPSA) is 74.9 Å². The molecule has 2 aromatic carbocycles. The molecule has 0 saturated carbocycles. The Bertz CT molecular complexity index is 1050. The van der Waals surface area contributed by atoms with Gasteiger partial charge >= 0.3 is 0 Å². The molecule has 5 nitrogen and oxygen atoms in total. The summed E-state index contributed by atoms with van der Waals surface area (Å²) in [4.78, 5) is 24.3. The van der Waals surface area contributed by atoms with Gasteiger partial charge in [-0.25, -0.2) is 4.39 Å². The molecule has 1 amide bonds. The van der Waals surface area contributed by atoms with Gasteiger partial charge in [-0.1, -0.05) is 18.2 Å². The minimum Gasteiger partial charge on any atom is -0.345 e. The van der Waals surface area contributed by atoms with Crippen molar-refractivity contribution >= 4 is 22.5 Å². The number of fused-ring (bicyclic) bond motifs is 1. The number of nitriles is 1. The van der Waals surface area contributed by atoms with Crippen LogP contribution in [0, 0.1) is 17.1 Å². The highest BCUT2D eigenvalue weighted by atomic mass is 19.1. The summed E-state index contributed by atoms with van der Waals surface area (Å²) < 4.78 is 14.9. The van der Waals surface area contributed by atoms with E-state index in [2.05, 4.69) is 5.32 Å². The van der Waals surface area contributed by atoms with E-state index in [-0.39, 0.29) is 29.9 Å². The molecule has 0 aliphatic rings. The van der Waals surface area contributed by atoms with Gasteiger partial charge in [-0.15, -0.1) is 0 Å². The van der Waals surface area contributed by atoms with Gasteiger partial charge in [0.2, 0.25) is 11.3 Å². The Kier molecular flexibility index (Phi) is 4.57. The van der Waals surface area contributed by atoms with Crippen molar-refractivity contribution in [3.63, 3.8) is 0 Å². The fourth-order valence-corrected chi connectivity index (χ4v) is 2.62. The maximum absolute atomic E-state index is 13.1. The maximum Gasteiger partial charge on any atom is 0.226 e. The van der Waals surface area contributed by atoms with E-state index in [1.807, 2.05) is 6.07 Å². The van der Waals surface area contributed by atoms with Gasteiger partial charge in [0, 0.05) is 30.2 Å². The first-order valence-corrected chi connectivity index (χ1v) is 7.66. The number of anilines is 1. The largest absolute Gasteiger partial charge is 0.345 e. The van der Waals surface area contributed by atoms with Gasteiger partial charge in [-0.05, 0) is 30.3 Å². The number of aryl methyl sites for hydroxylation is 1. The second kappa shape index (κ2) is 6.97. The van der Waals surface area contributed by atoms with E-state index >= 15 is 0 Å². The number of hydrogen-bond donors (Lipinski definition) is 1. The molecule has 6 heteroatoms. The number of carbonyl (C=O) groups is 1. The van der Waals surface area contributed by atoms with Crippen LogP contribution in [0.25, 0.3) is 10.9 Å². The Morgan fingerprint density at radius 2 is 2.00 bits per heavy atom. The number of pyridine rings is 1. The molecule has 1 N–H and O–H groups in total. The predicted octanol–water partition coefficient (Wildman–Crippen LogP) is 3.04. The fourth-order valence-electron chi connectivity index (χ4n) is 2.62. The van der Waals surface area contributed by atoms with Crippen LogP contribution < -0.4 is 10.7 Å². The van der Waals surface area contributed by atoms with Crippen molar-refractivity contribution in [3.05, 3.63) is 76.3 Å². The molecule has 3 rings (SSSR count). The Balaban J connectivity index is 1.81. The second-order valence-electron chi connectivity index (χ2n) is 5.50. The lowest BCUT2D eigenvalue weighted by Gasteiger charge is -2.11. The van der Waals surface area contributed by atoms with Gasteiger partial charge in [0.1, 0.15) is 17.4 Å². The molecule has 124 valence electrons. The van der Waals surface area contributed by atoms with Crippen molar-refractivity contribution in [1.29, 1.82) is 5.26 Å². The third kappa shape index (κ3) is 3.56. The molecule has 1 heterocycles. The molecule has 0 aliphatic heterocycles. The summed E-state index contributed by atoms with van der Waals surface area (Å²) >= 11 is 0. The van der Waals surface area contributed by atoms with Crippen LogP contribution in [-0.2, 0) is 11.3 Å². The van der Waals surface area contributed by atoms with Gasteiger partial charge in [0.05, 0.1) is 5.52 Å². The van der Waals surface area contributed by atoms with Gasteiger partial charge in [0.15, 0.2) is 0 Å². The number of nitrogens with zero attached hydrogens (tertiary/aromatic N) is 2. The molecule has 0 bridgehead atoms. The average Bonchev–Trinajstić information content (AvgIpc) is 2.61. The summed E-state index contributed by atoms with van der Waals surface area (Å²) in [5.74, 6) is -0.713. The number of carbonyl (C=O) groups excluding carboxylic acids is 1. The van der Waals surface area contributed by atoms with E-state index in [0.717, 1.165) is 0 Å². The Hall–Kier alpha value is -3.46. The monoisotopic (exact) mass is 335 g/mol. The minimum atomic E-state index is -0.428. The summed E-state index contributed by atoms with van der Waals surface area (Å²) in [6.07, 6.45) is 1.58. The van der Waals surface area contributed by atoms with E-state index in [9.17, 15) is 14.0 Å². The number of benzene rings is 2. The van der Waals surface area contributed by atoms with Gasteiger partial charge in [0.25, 0.3) is 0 Å². The zero-order valence-electron chi connectivity index (χ0n) is 13.2. The lowest BCUT2D eigenvalue weighted by atomic mass is 10.1. The quantitative estimate of drug-likeness (QED) is 0.796. The van der Waals surface area contributed by atoms with Crippen LogP contribution in [0.5, 0.6) is 0 Å². The van der Waals surface area contributed by atoms with Crippen molar-refractivity contribution in [2.24, 2.45) is 0 Å². The maximum atomic E-state index is 13.1. The number of hydrogen-bond acceptors (Lipinski definition) is 3. The van der Waals surface area contributed by atoms with Gasteiger partial charge in [-0.3, -0.25) is 9.59 Å². The Labute approximate surface area is 142 Å². The highest BCUT2D eigenvalue weighted by molar-refractivity contribution is 5.90. The minimum absolute atomic E-state index is 0.0317. The zero-order valence-corrected chi connectivity index (χ0v) is 13.2. The van der Waals surface area contributed by atoms with E-state index in [1.54, 1.807) is 34.9 Å². The third-order valence-electron chi connectivity index (χ3n) is 3.80. The van der Waals surface area contributed by atoms with E-state index in [0.29, 0.717) is 16.6 Å². The summed E-state index contributed by atoms with van der Waals surface area (Å²) in [6, 6.07) is 14.5. The molecular formula is C19H14FN3O2. The molecule has 0 unspecified atom stereocenters. The SMILES string of the molecule is N#Cc1cn(CCC(=O)Nc2cccc(F)c2)c2ccccc2c1=O. The van der Waals surface area contributed by atoms with Gasteiger partial charge < -0.3 is 9.88 Å². The first kappa shape index (κ1) is 16.4. The smallest absolute Gasteiger partial charge is 0.226 e. The number of halogens is 1. The molecule has 1 aromatic heterocycles. The summed E-state index contributed by atoms with van der Waals surface area (Å²) in [7, 11) is 0. The van der Waals surface area contributed by atoms with E-state index in [1.165, 1.54) is 24.4 Å². The number of para-hydroxylation sites is 1. The highest BCUT2D eigenvalue weighted by Gasteiger charge is 2.10. The number of nitrogens with one attached hydrogen (secondary N) is 1. The van der Waals surface area contributed by atoms with Crippen LogP contribution in [0.4, 0.5) is 10.1 Å². The molecule has 3 aromatic rings. The molecule has 0 radical (unpaired) electrons. The van der Waals surface area contributed by atoms with Crippen LogP contribution in [0.2, 0.25) is 0 Å². The van der Waals surface area contributed by atoms with Crippen LogP contribution in [0.1, 0.15) is 12.0 Å². The summed E-state index contributed by atoms with van der Waals surface area (Å²) in [5, 5.41) is 12.2. The average molecular weight is 335 g/mol. The third-order valence-corrected chi connectivity index (χ3v) is 3.80. The van der Waals surface area contributed by atoms with E-state index in [4.69, 9.17) is 5.26 Å². The summed E-state index contributed by atoms with van der Waals surface area (Å²) in [5.41, 5.74) is 0.750. The number of aromatic nitrogens is 1. The van der Waals surface area contributed by atoms with Crippen molar-refractivity contribution in [2.45, 2.75) is 13.0 Å². The number of amides is 1. The van der Waals surface area contributed by atoms with Crippen molar-refractivity contribution < 1.29 is 9.18 Å². The Morgan fingerprint density at radius 3 is 2.76 bits per heavy atom. The van der Waals surface area contributed by atoms with E-state index < -0.39 is 5.82 Å². The van der Waals surface area contributed by atoms with Crippen molar-refractivity contribution in [2.75, 3.05) is 5.32 Å². The predicted molar refractivity (Wildman–Crippen MR) is 92.6 cm³/mol. The van der Waals surface area contributed by atoms with Crippen molar-refractivity contribution in [1.82, 2.24) is 4.57 Å². The molecule has 0 spiro atoms. The molecule has 0 fully saturated rings. The second-order valence-corrected chi connectivity index (χ2v) is 5.50. The molecular weight excluding hydrogens is 321 g/mol. The molecule has 25 heavy (non-hydrogen) atoms. The summed E-state index contributed by atoms with van der Waals surface area (Å²) in [6.45, 7) is 0.288. The number of rotatable bonds is 4. The van der Waals surface area contributed by atoms with Crippen LogP contribution >= 0.6 is 0 Å². The zero-order chi connectivity index (χ0) is 17.8. The Morgan fingerprint density at radius 1 is 1.20 bits per heavy atom. The first-order valence-electron chi connectivity index (χ1n) is 7.66. The van der Waals surface area contributed by atoms with Crippen LogP contribution in [0.3, 0.4) is 0 Å². The fraction of sp³-hybridized carbons (Fsp3) is 0.105. The highest BCUT2D eigenvalue weighted by Crippen LogP contribution is 2.13. The van der Waals surface area contributed by atoms with Crippen molar-refractivity contribution in [3.8, 4) is 6.07 Å². The van der Waals surface area contributed by atoms with Crippen LogP contribution in [0.15, 0.2) is 59.5 Å². The molecule has 0 aliphatic carbocycles. The lowest BCUT2D eigenvalue weighted by molar-refractivity contribution is -0.116. The first-order chi connectivity index (χ1) is 12.1. The van der Waals surface area contributed by atoms with Gasteiger partial charge in [-0.2, -0.15) is 5.26 Å². The molecule has 0 atom stereocenters. The lowest BCUT2D eigenvalue weighted by Crippen LogP contribution is -2.17. The standard InChI is InChI=1S/C19H14FN3O2/c20-14-4-3-5-15(10-14)22-18(24)8-9-23-12-13(11-21)19(25)16-6-1-2-7-17(16)23/h1-7,10,12H,8-9H2,(H,22,24).